The first kappa shape index (κ1) is 28.2. The van der Waals surface area contributed by atoms with E-state index in [1.165, 1.54) is 11.0 Å². The summed E-state index contributed by atoms with van der Waals surface area (Å²) in [7, 11) is 3.76. The van der Waals surface area contributed by atoms with Gasteiger partial charge >= 0.3 is 0 Å². The molecule has 1 amide bonds. The number of amides is 1. The second kappa shape index (κ2) is 12.4. The van der Waals surface area contributed by atoms with Crippen molar-refractivity contribution < 1.29 is 36.9 Å². The molecule has 208 valence electrons. The van der Waals surface area contributed by atoms with Crippen LogP contribution in [0, 0.1) is 0 Å². The van der Waals surface area contributed by atoms with E-state index in [1.54, 1.807) is 30.3 Å². The summed E-state index contributed by atoms with van der Waals surface area (Å²) in [5.74, 6) is -1.23. The number of rotatable bonds is 10. The van der Waals surface area contributed by atoms with E-state index < -0.39 is 30.1 Å². The Morgan fingerprint density at radius 1 is 1.03 bits per heavy atom. The third kappa shape index (κ3) is 6.81. The predicted octanol–water partition coefficient (Wildman–Crippen LogP) is 5.99. The number of likely N-dealkylation sites (N-methyl/N-ethyl adjacent to an activating group) is 1. The van der Waals surface area contributed by atoms with Crippen molar-refractivity contribution in [2.24, 2.45) is 0 Å². The Bertz CT molecular complexity index is 1300. The van der Waals surface area contributed by atoms with E-state index in [1.807, 2.05) is 25.1 Å². The SMILES string of the molecule is CN(C)CCOc1cc2c(c(C(F)F)c1)CN(C(=O)c1c(O)cc(C(F)F)cc1OCc1ccccc1)CC2. The van der Waals surface area contributed by atoms with Gasteiger partial charge in [-0.25, -0.2) is 17.6 Å². The first-order valence-electron chi connectivity index (χ1n) is 12.5. The number of ether oxygens (including phenoxy) is 2. The smallest absolute Gasteiger partial charge is 0.264 e. The number of benzene rings is 3. The van der Waals surface area contributed by atoms with E-state index in [9.17, 15) is 27.5 Å². The Balaban J connectivity index is 1.62. The number of carbonyl (C=O) groups excluding carboxylic acids is 1. The van der Waals surface area contributed by atoms with Crippen LogP contribution in [0.3, 0.4) is 0 Å². The second-order valence-electron chi connectivity index (χ2n) is 9.57. The number of phenolic OH excluding ortho intramolecular Hbond substituents is 1. The highest BCUT2D eigenvalue weighted by molar-refractivity contribution is 6.00. The van der Waals surface area contributed by atoms with Crippen molar-refractivity contribution in [1.82, 2.24) is 9.80 Å². The van der Waals surface area contributed by atoms with Gasteiger partial charge in [0.05, 0.1) is 0 Å². The molecule has 0 bridgehead atoms. The molecule has 0 radical (unpaired) electrons. The average molecular weight is 547 g/mol. The summed E-state index contributed by atoms with van der Waals surface area (Å²) >= 11 is 0. The highest BCUT2D eigenvalue weighted by atomic mass is 19.3. The maximum atomic E-state index is 14.0. The molecule has 0 atom stereocenters. The van der Waals surface area contributed by atoms with Gasteiger partial charge in [0.1, 0.15) is 36.0 Å². The van der Waals surface area contributed by atoms with E-state index in [-0.39, 0.29) is 43.0 Å². The maximum absolute atomic E-state index is 14.0. The maximum Gasteiger partial charge on any atom is 0.264 e. The fourth-order valence-electron chi connectivity index (χ4n) is 4.43. The lowest BCUT2D eigenvalue weighted by molar-refractivity contribution is 0.0719. The van der Waals surface area contributed by atoms with Crippen LogP contribution in [0.2, 0.25) is 0 Å². The molecule has 0 aliphatic carbocycles. The molecular formula is C29H30F4N2O4. The van der Waals surface area contributed by atoms with Gasteiger partial charge in [-0.05, 0) is 61.5 Å². The largest absolute Gasteiger partial charge is 0.507 e. The molecule has 1 N–H and O–H groups in total. The van der Waals surface area contributed by atoms with Gasteiger partial charge in [-0.1, -0.05) is 30.3 Å². The van der Waals surface area contributed by atoms with Crippen LogP contribution in [0.5, 0.6) is 17.2 Å². The lowest BCUT2D eigenvalue weighted by Crippen LogP contribution is -2.37. The van der Waals surface area contributed by atoms with Crippen molar-refractivity contribution in [3.05, 3.63) is 88.0 Å². The van der Waals surface area contributed by atoms with Crippen molar-refractivity contribution in [2.45, 2.75) is 32.4 Å². The van der Waals surface area contributed by atoms with Gasteiger partial charge in [-0.2, -0.15) is 0 Å². The van der Waals surface area contributed by atoms with Crippen molar-refractivity contribution in [1.29, 1.82) is 0 Å². The van der Waals surface area contributed by atoms with E-state index in [2.05, 4.69) is 0 Å². The van der Waals surface area contributed by atoms with Crippen LogP contribution in [0.1, 0.15) is 51.0 Å². The first-order chi connectivity index (χ1) is 18.6. The van der Waals surface area contributed by atoms with Crippen LogP contribution in [0.25, 0.3) is 0 Å². The Hall–Kier alpha value is -3.79. The fraction of sp³-hybridized carbons (Fsp3) is 0.345. The minimum Gasteiger partial charge on any atom is -0.507 e. The number of alkyl halides is 4. The summed E-state index contributed by atoms with van der Waals surface area (Å²) < 4.78 is 66.4. The standard InChI is InChI=1S/C29H30F4N2O4/c1-34(2)10-11-38-21-12-19-8-9-35(16-23(19)22(15-21)28(32)33)29(37)26-24(36)13-20(27(30)31)14-25(26)39-17-18-6-4-3-5-7-18/h3-7,12-15,27-28,36H,8-11,16-17H2,1-2H3. The van der Waals surface area contributed by atoms with Gasteiger partial charge in [0.15, 0.2) is 0 Å². The van der Waals surface area contributed by atoms with Crippen molar-refractivity contribution in [3.8, 4) is 17.2 Å². The summed E-state index contributed by atoms with van der Waals surface area (Å²) in [6.07, 6.45) is -5.42. The molecule has 6 nitrogen and oxygen atoms in total. The molecule has 1 heterocycles. The average Bonchev–Trinajstić information content (AvgIpc) is 2.90. The molecule has 1 aliphatic rings. The van der Waals surface area contributed by atoms with Crippen molar-refractivity contribution in [2.75, 3.05) is 33.8 Å². The lowest BCUT2D eigenvalue weighted by Gasteiger charge is -2.31. The highest BCUT2D eigenvalue weighted by Gasteiger charge is 2.31. The Morgan fingerprint density at radius 3 is 2.44 bits per heavy atom. The number of hydrogen-bond donors (Lipinski definition) is 1. The third-order valence-electron chi connectivity index (χ3n) is 6.49. The van der Waals surface area contributed by atoms with E-state index in [0.29, 0.717) is 30.0 Å². The molecule has 3 aromatic rings. The number of phenols is 1. The Morgan fingerprint density at radius 2 is 1.77 bits per heavy atom. The van der Waals surface area contributed by atoms with Crippen LogP contribution in [-0.4, -0.2) is 54.6 Å². The van der Waals surface area contributed by atoms with Gasteiger partial charge in [0.2, 0.25) is 0 Å². The summed E-state index contributed by atoms with van der Waals surface area (Å²) in [4.78, 5) is 16.8. The molecule has 1 aliphatic heterocycles. The van der Waals surface area contributed by atoms with Crippen molar-refractivity contribution in [3.63, 3.8) is 0 Å². The van der Waals surface area contributed by atoms with Crippen LogP contribution in [-0.2, 0) is 19.6 Å². The summed E-state index contributed by atoms with van der Waals surface area (Å²) in [5, 5.41) is 10.6. The predicted molar refractivity (Wildman–Crippen MR) is 138 cm³/mol. The molecule has 0 fully saturated rings. The number of aromatic hydroxyl groups is 1. The number of carbonyl (C=O) groups is 1. The molecule has 0 aromatic heterocycles. The molecule has 0 spiro atoms. The number of fused-ring (bicyclic) bond motifs is 1. The van der Waals surface area contributed by atoms with Gasteiger partial charge in [0, 0.05) is 30.8 Å². The zero-order valence-electron chi connectivity index (χ0n) is 21.7. The second-order valence-corrected chi connectivity index (χ2v) is 9.57. The molecule has 10 heteroatoms. The normalized spacial score (nSPS) is 13.2. The quantitative estimate of drug-likeness (QED) is 0.317. The van der Waals surface area contributed by atoms with Gasteiger partial charge in [-0.3, -0.25) is 4.79 Å². The number of hydrogen-bond acceptors (Lipinski definition) is 5. The van der Waals surface area contributed by atoms with Crippen LogP contribution in [0.4, 0.5) is 17.6 Å². The molecule has 0 unspecified atom stereocenters. The fourth-order valence-corrected chi connectivity index (χ4v) is 4.43. The molecule has 3 aromatic carbocycles. The minimum atomic E-state index is -2.90. The third-order valence-corrected chi connectivity index (χ3v) is 6.49. The zero-order chi connectivity index (χ0) is 28.1. The van der Waals surface area contributed by atoms with E-state index in [4.69, 9.17) is 9.47 Å². The Kier molecular flexibility index (Phi) is 8.96. The van der Waals surface area contributed by atoms with Crippen LogP contribution in [0.15, 0.2) is 54.6 Å². The number of nitrogens with zero attached hydrogens (tertiary/aromatic N) is 2. The lowest BCUT2D eigenvalue weighted by atomic mass is 9.93. The van der Waals surface area contributed by atoms with Crippen molar-refractivity contribution >= 4 is 5.91 Å². The molecule has 0 saturated heterocycles. The van der Waals surface area contributed by atoms with Gasteiger partial charge in [0.25, 0.3) is 18.8 Å². The van der Waals surface area contributed by atoms with E-state index in [0.717, 1.165) is 17.7 Å². The van der Waals surface area contributed by atoms with Crippen LogP contribution >= 0.6 is 0 Å². The molecular weight excluding hydrogens is 516 g/mol. The Labute approximate surface area is 224 Å². The topological polar surface area (TPSA) is 62.2 Å². The highest BCUT2D eigenvalue weighted by Crippen LogP contribution is 2.38. The monoisotopic (exact) mass is 546 g/mol. The summed E-state index contributed by atoms with van der Waals surface area (Å²) in [5.41, 5.74) is 0.658. The minimum absolute atomic E-state index is 0.0256. The summed E-state index contributed by atoms with van der Waals surface area (Å²) in [6, 6.07) is 13.8. The molecule has 39 heavy (non-hydrogen) atoms. The number of halogens is 4. The first-order valence-corrected chi connectivity index (χ1v) is 12.5. The van der Waals surface area contributed by atoms with Crippen LogP contribution < -0.4 is 9.47 Å². The van der Waals surface area contributed by atoms with Gasteiger partial charge < -0.3 is 24.4 Å². The molecule has 0 saturated carbocycles. The zero-order valence-corrected chi connectivity index (χ0v) is 21.7. The van der Waals surface area contributed by atoms with Gasteiger partial charge in [-0.15, -0.1) is 0 Å². The summed E-state index contributed by atoms with van der Waals surface area (Å²) in [6.45, 7) is 0.955. The van der Waals surface area contributed by atoms with E-state index >= 15 is 0 Å². The molecule has 4 rings (SSSR count).